The van der Waals surface area contributed by atoms with Crippen molar-refractivity contribution in [1.29, 1.82) is 0 Å². The van der Waals surface area contributed by atoms with Crippen molar-refractivity contribution in [2.24, 2.45) is 0 Å². The van der Waals surface area contributed by atoms with Crippen LogP contribution in [-0.2, 0) is 5.54 Å². The molecule has 1 aliphatic rings. The molecule has 1 N–H and O–H groups in total. The van der Waals surface area contributed by atoms with Crippen LogP contribution in [0.15, 0.2) is 18.5 Å². The maximum absolute atomic E-state index is 12.1. The largest absolute Gasteiger partial charge is 0.349 e. The van der Waals surface area contributed by atoms with Crippen LogP contribution < -0.4 is 5.32 Å². The molecule has 1 aromatic rings. The van der Waals surface area contributed by atoms with E-state index in [1.807, 2.05) is 18.5 Å². The lowest BCUT2D eigenvalue weighted by molar-refractivity contribution is 0.0927. The molecule has 3 heteroatoms. The zero-order valence-electron chi connectivity index (χ0n) is 11.7. The highest BCUT2D eigenvalue weighted by molar-refractivity contribution is 5.94. The molecule has 0 radical (unpaired) electrons. The molecule has 1 fully saturated rings. The highest BCUT2D eigenvalue weighted by Crippen LogP contribution is 2.19. The molecule has 1 saturated carbocycles. The lowest BCUT2D eigenvalue weighted by Gasteiger charge is -2.23. The number of hydrogen-bond donors (Lipinski definition) is 1. The van der Waals surface area contributed by atoms with E-state index >= 15 is 0 Å². The summed E-state index contributed by atoms with van der Waals surface area (Å²) in [6, 6.07) is 2.29. The summed E-state index contributed by atoms with van der Waals surface area (Å²) in [7, 11) is 0. The second-order valence-corrected chi connectivity index (χ2v) is 6.29. The van der Waals surface area contributed by atoms with E-state index in [4.69, 9.17) is 0 Å². The van der Waals surface area contributed by atoms with Crippen molar-refractivity contribution in [2.45, 2.75) is 64.5 Å². The summed E-state index contributed by atoms with van der Waals surface area (Å²) in [4.78, 5) is 12.1. The number of amides is 1. The van der Waals surface area contributed by atoms with Crippen molar-refractivity contribution in [2.75, 3.05) is 0 Å². The van der Waals surface area contributed by atoms with E-state index in [1.54, 1.807) is 0 Å². The number of rotatable bonds is 2. The predicted molar refractivity (Wildman–Crippen MR) is 73.8 cm³/mol. The minimum absolute atomic E-state index is 0.0311. The first-order chi connectivity index (χ1) is 8.47. The number of carbonyl (C=O) groups excluding carboxylic acids is 1. The average Bonchev–Trinajstić information content (AvgIpc) is 2.79. The van der Waals surface area contributed by atoms with Crippen LogP contribution in [-0.4, -0.2) is 16.5 Å². The molecule has 1 amide bonds. The molecule has 0 saturated heterocycles. The summed E-state index contributed by atoms with van der Waals surface area (Å²) < 4.78 is 2.09. The quantitative estimate of drug-likeness (QED) is 0.856. The zero-order chi connectivity index (χ0) is 13.2. The molecule has 1 aliphatic carbocycles. The number of nitrogens with zero attached hydrogens (tertiary/aromatic N) is 1. The van der Waals surface area contributed by atoms with Gasteiger partial charge in [0.15, 0.2) is 0 Å². The molecule has 0 aliphatic heterocycles. The fourth-order valence-electron chi connectivity index (χ4n) is 2.46. The lowest BCUT2D eigenvalue weighted by Crippen LogP contribution is -2.36. The van der Waals surface area contributed by atoms with Gasteiger partial charge in [-0.15, -0.1) is 0 Å². The maximum Gasteiger partial charge on any atom is 0.253 e. The number of carbonyl (C=O) groups is 1. The van der Waals surface area contributed by atoms with Gasteiger partial charge < -0.3 is 9.88 Å². The van der Waals surface area contributed by atoms with Crippen LogP contribution in [0, 0.1) is 0 Å². The van der Waals surface area contributed by atoms with Crippen LogP contribution in [0.3, 0.4) is 0 Å². The number of aromatic nitrogens is 1. The summed E-state index contributed by atoms with van der Waals surface area (Å²) >= 11 is 0. The van der Waals surface area contributed by atoms with Crippen molar-refractivity contribution in [3.8, 4) is 0 Å². The number of hydrogen-bond acceptors (Lipinski definition) is 1. The van der Waals surface area contributed by atoms with Gasteiger partial charge in [0.2, 0.25) is 0 Å². The second kappa shape index (κ2) is 5.17. The summed E-state index contributed by atoms with van der Waals surface area (Å²) in [6.45, 7) is 6.40. The SMILES string of the molecule is CC(C)(C)n1ccc(C(=O)NC2CCCCC2)c1. The first kappa shape index (κ1) is 13.2. The minimum Gasteiger partial charge on any atom is -0.349 e. The van der Waals surface area contributed by atoms with Crippen LogP contribution in [0.1, 0.15) is 63.2 Å². The van der Waals surface area contributed by atoms with Gasteiger partial charge in [-0.3, -0.25) is 4.79 Å². The monoisotopic (exact) mass is 248 g/mol. The lowest BCUT2D eigenvalue weighted by atomic mass is 9.95. The second-order valence-electron chi connectivity index (χ2n) is 6.29. The summed E-state index contributed by atoms with van der Waals surface area (Å²) in [5.74, 6) is 0.0740. The third kappa shape index (κ3) is 3.15. The summed E-state index contributed by atoms with van der Waals surface area (Å²) in [6.07, 6.45) is 9.99. The first-order valence-electron chi connectivity index (χ1n) is 6.96. The van der Waals surface area contributed by atoms with Crippen LogP contribution in [0.4, 0.5) is 0 Å². The normalized spacial score (nSPS) is 17.7. The number of nitrogens with one attached hydrogen (secondary N) is 1. The van der Waals surface area contributed by atoms with E-state index in [9.17, 15) is 4.79 Å². The molecule has 2 rings (SSSR count). The Balaban J connectivity index is 1.98. The van der Waals surface area contributed by atoms with Gasteiger partial charge in [-0.05, 0) is 39.7 Å². The van der Waals surface area contributed by atoms with Crippen LogP contribution in [0.2, 0.25) is 0 Å². The first-order valence-corrected chi connectivity index (χ1v) is 6.96. The Kier molecular flexibility index (Phi) is 3.79. The topological polar surface area (TPSA) is 34.0 Å². The molecule has 0 atom stereocenters. The fraction of sp³-hybridized carbons (Fsp3) is 0.667. The van der Waals surface area contributed by atoms with Gasteiger partial charge in [0, 0.05) is 24.0 Å². The maximum atomic E-state index is 12.1. The highest BCUT2D eigenvalue weighted by atomic mass is 16.1. The smallest absolute Gasteiger partial charge is 0.253 e. The average molecular weight is 248 g/mol. The molecule has 18 heavy (non-hydrogen) atoms. The van der Waals surface area contributed by atoms with E-state index in [-0.39, 0.29) is 11.4 Å². The van der Waals surface area contributed by atoms with Gasteiger partial charge in [0.25, 0.3) is 5.91 Å². The minimum atomic E-state index is 0.0311. The molecular weight excluding hydrogens is 224 g/mol. The van der Waals surface area contributed by atoms with Gasteiger partial charge in [0.05, 0.1) is 5.56 Å². The Hall–Kier alpha value is -1.25. The molecule has 1 heterocycles. The van der Waals surface area contributed by atoms with Gasteiger partial charge in [0.1, 0.15) is 0 Å². The van der Waals surface area contributed by atoms with Gasteiger partial charge in [-0.2, -0.15) is 0 Å². The predicted octanol–water partition coefficient (Wildman–Crippen LogP) is 3.31. The Morgan fingerprint density at radius 2 is 1.94 bits per heavy atom. The third-order valence-electron chi connectivity index (χ3n) is 3.67. The summed E-state index contributed by atoms with van der Waals surface area (Å²) in [5.41, 5.74) is 0.805. The Bertz CT molecular complexity index is 408. The van der Waals surface area contributed by atoms with Crippen molar-refractivity contribution in [3.05, 3.63) is 24.0 Å². The van der Waals surface area contributed by atoms with Crippen LogP contribution >= 0.6 is 0 Å². The van der Waals surface area contributed by atoms with Crippen LogP contribution in [0.25, 0.3) is 0 Å². The standard InChI is InChI=1S/C15H24N2O/c1-15(2,3)17-10-9-12(11-17)14(18)16-13-7-5-4-6-8-13/h9-11,13H,4-8H2,1-3H3,(H,16,18). The van der Waals surface area contributed by atoms with E-state index in [0.29, 0.717) is 6.04 Å². The molecule has 1 aromatic heterocycles. The van der Waals surface area contributed by atoms with Gasteiger partial charge in [-0.1, -0.05) is 19.3 Å². The van der Waals surface area contributed by atoms with E-state index in [2.05, 4.69) is 30.7 Å². The van der Waals surface area contributed by atoms with Crippen molar-refractivity contribution in [3.63, 3.8) is 0 Å². The van der Waals surface area contributed by atoms with E-state index in [0.717, 1.165) is 18.4 Å². The van der Waals surface area contributed by atoms with Gasteiger partial charge >= 0.3 is 0 Å². The highest BCUT2D eigenvalue weighted by Gasteiger charge is 2.19. The molecule has 0 spiro atoms. The van der Waals surface area contributed by atoms with Crippen molar-refractivity contribution >= 4 is 5.91 Å². The van der Waals surface area contributed by atoms with E-state index < -0.39 is 0 Å². The fourth-order valence-corrected chi connectivity index (χ4v) is 2.46. The molecular formula is C15H24N2O. The van der Waals surface area contributed by atoms with Crippen molar-refractivity contribution < 1.29 is 4.79 Å². The Labute approximate surface area is 110 Å². The Morgan fingerprint density at radius 3 is 2.50 bits per heavy atom. The third-order valence-corrected chi connectivity index (χ3v) is 3.67. The van der Waals surface area contributed by atoms with E-state index in [1.165, 1.54) is 19.3 Å². The Morgan fingerprint density at radius 1 is 1.28 bits per heavy atom. The van der Waals surface area contributed by atoms with Crippen LogP contribution in [0.5, 0.6) is 0 Å². The molecule has 3 nitrogen and oxygen atoms in total. The van der Waals surface area contributed by atoms with Gasteiger partial charge in [-0.25, -0.2) is 0 Å². The molecule has 100 valence electrons. The molecule has 0 aromatic carbocycles. The molecule has 0 unspecified atom stereocenters. The summed E-state index contributed by atoms with van der Waals surface area (Å²) in [5, 5.41) is 3.15. The van der Waals surface area contributed by atoms with Crippen molar-refractivity contribution in [1.82, 2.24) is 9.88 Å². The zero-order valence-corrected chi connectivity index (χ0v) is 11.7. The molecule has 0 bridgehead atoms.